The van der Waals surface area contributed by atoms with E-state index < -0.39 is 0 Å². The minimum Gasteiger partial charge on any atom is -0.208 e. The number of rotatable bonds is 4. The Balaban J connectivity index is 1.21. The molecule has 0 aliphatic carbocycles. The van der Waals surface area contributed by atoms with Crippen LogP contribution in [0.5, 0.6) is 0 Å². The number of hydrogen-bond donors (Lipinski definition) is 0. The van der Waals surface area contributed by atoms with E-state index >= 15 is 0 Å². The standard InChI is InChI=1S/C41H25N3S/c1-2-11-28(12-3-1)39-42-40(44-41(43-39)37-25-31-14-6-9-17-36(31)45-37)29-20-18-27(19-21-29)38-33-16-8-5-13-30(33)24-35-32-15-7-4-10-26(32)22-23-34(35)38/h1-25H. The third kappa shape index (κ3) is 4.46. The molecule has 210 valence electrons. The average molecular weight is 592 g/mol. The van der Waals surface area contributed by atoms with Crippen molar-refractivity contribution in [2.24, 2.45) is 0 Å². The van der Waals surface area contributed by atoms with Crippen LogP contribution in [-0.4, -0.2) is 15.0 Å². The van der Waals surface area contributed by atoms with Gasteiger partial charge in [0.15, 0.2) is 17.5 Å². The smallest absolute Gasteiger partial charge is 0.174 e. The molecule has 0 aliphatic rings. The van der Waals surface area contributed by atoms with Gasteiger partial charge in [-0.1, -0.05) is 133 Å². The first kappa shape index (κ1) is 25.8. The number of nitrogens with zero attached hydrogens (tertiary/aromatic N) is 3. The van der Waals surface area contributed by atoms with Crippen LogP contribution in [0.4, 0.5) is 0 Å². The van der Waals surface area contributed by atoms with Crippen molar-refractivity contribution in [2.45, 2.75) is 0 Å². The van der Waals surface area contributed by atoms with E-state index in [4.69, 9.17) is 15.0 Å². The van der Waals surface area contributed by atoms with Crippen molar-refractivity contribution in [3.63, 3.8) is 0 Å². The lowest BCUT2D eigenvalue weighted by Crippen LogP contribution is -1.99. The van der Waals surface area contributed by atoms with Gasteiger partial charge in [0.2, 0.25) is 0 Å². The minimum absolute atomic E-state index is 0.664. The highest BCUT2D eigenvalue weighted by molar-refractivity contribution is 7.22. The number of fused-ring (bicyclic) bond motifs is 5. The zero-order chi connectivity index (χ0) is 29.7. The van der Waals surface area contributed by atoms with Gasteiger partial charge in [0.05, 0.1) is 4.88 Å². The van der Waals surface area contributed by atoms with Crippen LogP contribution < -0.4 is 0 Å². The average Bonchev–Trinajstić information content (AvgIpc) is 3.56. The first-order valence-electron chi connectivity index (χ1n) is 15.0. The molecule has 3 nitrogen and oxygen atoms in total. The highest BCUT2D eigenvalue weighted by atomic mass is 32.1. The maximum atomic E-state index is 5.02. The minimum atomic E-state index is 0.664. The molecule has 0 N–H and O–H groups in total. The molecular weight excluding hydrogens is 567 g/mol. The highest BCUT2D eigenvalue weighted by Gasteiger charge is 2.16. The second-order valence-corrected chi connectivity index (χ2v) is 12.3. The monoisotopic (exact) mass is 591 g/mol. The fourth-order valence-corrected chi connectivity index (χ4v) is 7.34. The van der Waals surface area contributed by atoms with Gasteiger partial charge in [0, 0.05) is 15.8 Å². The van der Waals surface area contributed by atoms with Crippen molar-refractivity contribution >= 4 is 53.7 Å². The summed E-state index contributed by atoms with van der Waals surface area (Å²) in [5.41, 5.74) is 4.33. The molecule has 9 rings (SSSR count). The predicted octanol–water partition coefficient (Wildman–Crippen LogP) is 11.2. The van der Waals surface area contributed by atoms with Crippen LogP contribution in [0.3, 0.4) is 0 Å². The van der Waals surface area contributed by atoms with E-state index in [1.54, 1.807) is 11.3 Å². The van der Waals surface area contributed by atoms with Gasteiger partial charge in [-0.05, 0) is 67.0 Å². The Morgan fingerprint density at radius 2 is 0.956 bits per heavy atom. The van der Waals surface area contributed by atoms with Crippen molar-refractivity contribution in [1.29, 1.82) is 0 Å². The summed E-state index contributed by atoms with van der Waals surface area (Å²) in [6.45, 7) is 0. The van der Waals surface area contributed by atoms with Crippen LogP contribution in [0.1, 0.15) is 0 Å². The van der Waals surface area contributed by atoms with Crippen LogP contribution in [0, 0.1) is 0 Å². The van der Waals surface area contributed by atoms with Crippen molar-refractivity contribution in [2.75, 3.05) is 0 Å². The normalized spacial score (nSPS) is 11.6. The van der Waals surface area contributed by atoms with E-state index in [0.29, 0.717) is 17.5 Å². The Kier molecular flexibility index (Phi) is 6.00. The van der Waals surface area contributed by atoms with Crippen molar-refractivity contribution < 1.29 is 0 Å². The zero-order valence-electron chi connectivity index (χ0n) is 24.2. The van der Waals surface area contributed by atoms with Gasteiger partial charge in [-0.15, -0.1) is 11.3 Å². The van der Waals surface area contributed by atoms with E-state index in [2.05, 4.69) is 121 Å². The molecule has 2 heterocycles. The Morgan fingerprint density at radius 1 is 0.356 bits per heavy atom. The highest BCUT2D eigenvalue weighted by Crippen LogP contribution is 2.40. The summed E-state index contributed by atoms with van der Waals surface area (Å²) in [6.07, 6.45) is 0. The first-order chi connectivity index (χ1) is 22.3. The summed E-state index contributed by atoms with van der Waals surface area (Å²) < 4.78 is 1.22. The van der Waals surface area contributed by atoms with E-state index in [-0.39, 0.29) is 0 Å². The third-order valence-corrected chi connectivity index (χ3v) is 9.63. The number of hydrogen-bond acceptors (Lipinski definition) is 4. The lowest BCUT2D eigenvalue weighted by atomic mass is 9.89. The number of aromatic nitrogens is 3. The molecule has 0 aliphatic heterocycles. The predicted molar refractivity (Wildman–Crippen MR) is 189 cm³/mol. The topological polar surface area (TPSA) is 38.7 Å². The fraction of sp³-hybridized carbons (Fsp3) is 0. The van der Waals surface area contributed by atoms with Crippen molar-refractivity contribution in [1.82, 2.24) is 15.0 Å². The van der Waals surface area contributed by atoms with Gasteiger partial charge in [0.1, 0.15) is 0 Å². The number of benzene rings is 7. The van der Waals surface area contributed by atoms with Gasteiger partial charge in [-0.25, -0.2) is 15.0 Å². The molecule has 0 atom stereocenters. The summed E-state index contributed by atoms with van der Waals surface area (Å²) in [5, 5.41) is 8.71. The van der Waals surface area contributed by atoms with Gasteiger partial charge >= 0.3 is 0 Å². The molecule has 7 aromatic carbocycles. The first-order valence-corrected chi connectivity index (χ1v) is 15.8. The molecule has 45 heavy (non-hydrogen) atoms. The molecule has 0 amide bonds. The molecule has 0 radical (unpaired) electrons. The van der Waals surface area contributed by atoms with Gasteiger partial charge in [0.25, 0.3) is 0 Å². The Hall–Kier alpha value is -5.71. The van der Waals surface area contributed by atoms with Crippen molar-refractivity contribution in [3.8, 4) is 44.6 Å². The maximum absolute atomic E-state index is 5.02. The largest absolute Gasteiger partial charge is 0.208 e. The zero-order valence-corrected chi connectivity index (χ0v) is 25.0. The Morgan fingerprint density at radius 3 is 1.73 bits per heavy atom. The van der Waals surface area contributed by atoms with Gasteiger partial charge in [-0.2, -0.15) is 0 Å². The summed E-state index contributed by atoms with van der Waals surface area (Å²) in [4.78, 5) is 16.0. The van der Waals surface area contributed by atoms with E-state index in [1.807, 2.05) is 30.3 Å². The second-order valence-electron chi connectivity index (χ2n) is 11.3. The van der Waals surface area contributed by atoms with Crippen molar-refractivity contribution in [3.05, 3.63) is 152 Å². The van der Waals surface area contributed by atoms with E-state index in [0.717, 1.165) is 21.6 Å². The molecule has 0 saturated heterocycles. The molecule has 0 bridgehead atoms. The third-order valence-electron chi connectivity index (χ3n) is 8.52. The molecule has 0 fully saturated rings. The summed E-state index contributed by atoms with van der Waals surface area (Å²) in [7, 11) is 0. The SMILES string of the molecule is c1ccc(-c2nc(-c3ccc(-c4c5ccccc5cc5c4ccc4ccccc45)cc3)nc(-c3cc4ccccc4s3)n2)cc1. The quantitative estimate of drug-likeness (QED) is 0.151. The maximum Gasteiger partial charge on any atom is 0.174 e. The van der Waals surface area contributed by atoms with Gasteiger partial charge in [-0.3, -0.25) is 0 Å². The summed E-state index contributed by atoms with van der Waals surface area (Å²) in [5.74, 6) is 2.02. The van der Waals surface area contributed by atoms with E-state index in [9.17, 15) is 0 Å². The molecule has 2 aromatic heterocycles. The molecular formula is C41H25N3S. The lowest BCUT2D eigenvalue weighted by molar-refractivity contribution is 1.08. The van der Waals surface area contributed by atoms with Crippen LogP contribution in [0.2, 0.25) is 0 Å². The fourth-order valence-electron chi connectivity index (χ4n) is 6.34. The second kappa shape index (κ2) is 10.5. The van der Waals surface area contributed by atoms with Crippen LogP contribution in [0.15, 0.2) is 152 Å². The molecule has 9 aromatic rings. The van der Waals surface area contributed by atoms with Crippen LogP contribution >= 0.6 is 11.3 Å². The summed E-state index contributed by atoms with van der Waals surface area (Å²) >= 11 is 1.71. The Bertz CT molecular complexity index is 2500. The van der Waals surface area contributed by atoms with Crippen LogP contribution in [-0.2, 0) is 0 Å². The lowest BCUT2D eigenvalue weighted by Gasteiger charge is -2.14. The van der Waals surface area contributed by atoms with E-state index in [1.165, 1.54) is 48.0 Å². The molecule has 4 heteroatoms. The molecule has 0 spiro atoms. The molecule has 0 saturated carbocycles. The molecule has 0 unspecified atom stereocenters. The number of thiophene rings is 1. The van der Waals surface area contributed by atoms with Crippen LogP contribution in [0.25, 0.3) is 87.0 Å². The Labute approximate surface area is 264 Å². The summed E-state index contributed by atoms with van der Waals surface area (Å²) in [6, 6.07) is 53.6. The van der Waals surface area contributed by atoms with Gasteiger partial charge < -0.3 is 0 Å².